The molecular formula is C19H22N4O2S2. The van der Waals surface area contributed by atoms with E-state index in [-0.39, 0.29) is 5.97 Å². The molecule has 1 N–H and O–H groups in total. The van der Waals surface area contributed by atoms with Crippen LogP contribution in [0.2, 0.25) is 0 Å². The molecule has 8 heteroatoms. The fourth-order valence-electron chi connectivity index (χ4n) is 2.72. The van der Waals surface area contributed by atoms with E-state index in [0.717, 1.165) is 38.9 Å². The van der Waals surface area contributed by atoms with Gasteiger partial charge in [-0.25, -0.2) is 4.79 Å². The molecule has 0 amide bonds. The number of aromatic nitrogens is 3. The number of para-hydroxylation sites is 1. The Kier molecular flexibility index (Phi) is 6.63. The highest BCUT2D eigenvalue weighted by Gasteiger charge is 2.20. The molecule has 27 heavy (non-hydrogen) atoms. The van der Waals surface area contributed by atoms with E-state index in [2.05, 4.69) is 22.4 Å². The molecule has 0 radical (unpaired) electrons. The first kappa shape index (κ1) is 19.6. The number of carbonyl (C=O) groups is 1. The van der Waals surface area contributed by atoms with Crippen molar-refractivity contribution in [3.05, 3.63) is 41.1 Å². The molecule has 0 atom stereocenters. The molecule has 1 aromatic carbocycles. The zero-order valence-corrected chi connectivity index (χ0v) is 17.2. The number of pyridine rings is 1. The van der Waals surface area contributed by atoms with Gasteiger partial charge in [0, 0.05) is 17.7 Å². The van der Waals surface area contributed by atoms with Gasteiger partial charge in [-0.2, -0.15) is 0 Å². The zero-order valence-electron chi connectivity index (χ0n) is 15.6. The second-order valence-corrected chi connectivity index (χ2v) is 8.08. The van der Waals surface area contributed by atoms with E-state index < -0.39 is 0 Å². The first-order valence-electron chi connectivity index (χ1n) is 8.89. The van der Waals surface area contributed by atoms with Crippen molar-refractivity contribution in [2.45, 2.75) is 37.3 Å². The first-order valence-corrected chi connectivity index (χ1v) is 10.7. The Labute approximate surface area is 166 Å². The molecule has 3 aromatic rings. The normalized spacial score (nSPS) is 10.9. The highest BCUT2D eigenvalue weighted by molar-refractivity contribution is 8.00. The molecule has 0 bridgehead atoms. The SMILES string of the molecule is CCCNc1nnc(SCc2nc3ccccc3c(C)c2C(=O)OCC)s1. The number of ether oxygens (including phenoxy) is 1. The number of rotatable bonds is 8. The number of esters is 1. The van der Waals surface area contributed by atoms with Crippen LogP contribution in [0.15, 0.2) is 28.6 Å². The number of hydrogen-bond donors (Lipinski definition) is 1. The Morgan fingerprint density at radius 1 is 1.26 bits per heavy atom. The second kappa shape index (κ2) is 9.14. The van der Waals surface area contributed by atoms with Crippen molar-refractivity contribution in [3.63, 3.8) is 0 Å². The summed E-state index contributed by atoms with van der Waals surface area (Å²) in [6.45, 7) is 7.07. The van der Waals surface area contributed by atoms with E-state index in [4.69, 9.17) is 9.72 Å². The number of nitrogens with one attached hydrogen (secondary N) is 1. The van der Waals surface area contributed by atoms with Crippen molar-refractivity contribution in [2.75, 3.05) is 18.5 Å². The maximum absolute atomic E-state index is 12.6. The Morgan fingerprint density at radius 3 is 2.85 bits per heavy atom. The van der Waals surface area contributed by atoms with Gasteiger partial charge in [0.25, 0.3) is 0 Å². The third-order valence-corrected chi connectivity index (χ3v) is 6.00. The summed E-state index contributed by atoms with van der Waals surface area (Å²) < 4.78 is 6.12. The number of aryl methyl sites for hydroxylation is 1. The zero-order chi connectivity index (χ0) is 19.2. The molecule has 2 aromatic heterocycles. The molecule has 142 valence electrons. The summed E-state index contributed by atoms with van der Waals surface area (Å²) in [5.41, 5.74) is 3.04. The molecule has 0 aliphatic rings. The van der Waals surface area contributed by atoms with Crippen molar-refractivity contribution in [3.8, 4) is 0 Å². The molecule has 0 aliphatic carbocycles. The lowest BCUT2D eigenvalue weighted by Gasteiger charge is -2.13. The maximum atomic E-state index is 12.6. The number of anilines is 1. The molecule has 0 fully saturated rings. The number of fused-ring (bicyclic) bond motifs is 1. The van der Waals surface area contributed by atoms with Crippen molar-refractivity contribution in [1.82, 2.24) is 15.2 Å². The summed E-state index contributed by atoms with van der Waals surface area (Å²) in [5.74, 6) is 0.203. The quantitative estimate of drug-likeness (QED) is 0.433. The summed E-state index contributed by atoms with van der Waals surface area (Å²) in [6.07, 6.45) is 1.03. The van der Waals surface area contributed by atoms with Gasteiger partial charge in [0.2, 0.25) is 5.13 Å². The van der Waals surface area contributed by atoms with Crippen molar-refractivity contribution in [1.29, 1.82) is 0 Å². The van der Waals surface area contributed by atoms with Crippen LogP contribution < -0.4 is 5.32 Å². The molecule has 2 heterocycles. The fraction of sp³-hybridized carbons (Fsp3) is 0.368. The summed E-state index contributed by atoms with van der Waals surface area (Å²) in [7, 11) is 0. The minimum atomic E-state index is -0.327. The Bertz CT molecular complexity index is 943. The van der Waals surface area contributed by atoms with Crippen LogP contribution in [0.4, 0.5) is 5.13 Å². The van der Waals surface area contributed by atoms with E-state index in [1.807, 2.05) is 38.1 Å². The summed E-state index contributed by atoms with van der Waals surface area (Å²) >= 11 is 3.04. The van der Waals surface area contributed by atoms with Gasteiger partial charge < -0.3 is 10.1 Å². The third kappa shape index (κ3) is 4.56. The van der Waals surface area contributed by atoms with E-state index >= 15 is 0 Å². The van der Waals surface area contributed by atoms with Crippen molar-refractivity contribution < 1.29 is 9.53 Å². The van der Waals surface area contributed by atoms with E-state index in [1.54, 1.807) is 0 Å². The predicted molar refractivity (Wildman–Crippen MR) is 111 cm³/mol. The highest BCUT2D eigenvalue weighted by atomic mass is 32.2. The fourth-order valence-corrected chi connectivity index (χ4v) is 4.44. The van der Waals surface area contributed by atoms with Crippen LogP contribution in [0.5, 0.6) is 0 Å². The van der Waals surface area contributed by atoms with Crippen LogP contribution in [0, 0.1) is 6.92 Å². The topological polar surface area (TPSA) is 77.0 Å². The molecule has 0 aliphatic heterocycles. The van der Waals surface area contributed by atoms with Crippen molar-refractivity contribution >= 4 is 45.1 Å². The Hall–Kier alpha value is -2.19. The number of nitrogens with zero attached hydrogens (tertiary/aromatic N) is 3. The molecule has 0 unspecified atom stereocenters. The number of carbonyl (C=O) groups excluding carboxylic acids is 1. The van der Waals surface area contributed by atoms with Crippen LogP contribution in [0.25, 0.3) is 10.9 Å². The standard InChI is InChI=1S/C19H22N4O2S2/c1-4-10-20-18-22-23-19(27-18)26-11-15-16(17(24)25-5-2)12(3)13-8-6-7-9-14(13)21-15/h6-9H,4-5,10-11H2,1-3H3,(H,20,22). The van der Waals surface area contributed by atoms with Gasteiger partial charge >= 0.3 is 5.97 Å². The smallest absolute Gasteiger partial charge is 0.340 e. The van der Waals surface area contributed by atoms with Gasteiger partial charge in [-0.15, -0.1) is 10.2 Å². The lowest BCUT2D eigenvalue weighted by atomic mass is 10.0. The summed E-state index contributed by atoms with van der Waals surface area (Å²) in [6, 6.07) is 7.84. The van der Waals surface area contributed by atoms with Gasteiger partial charge in [-0.1, -0.05) is 48.2 Å². The number of thioether (sulfide) groups is 1. The van der Waals surface area contributed by atoms with Crippen LogP contribution in [-0.2, 0) is 10.5 Å². The predicted octanol–water partition coefficient (Wildman–Crippen LogP) is 4.69. The molecular weight excluding hydrogens is 380 g/mol. The van der Waals surface area contributed by atoms with E-state index in [9.17, 15) is 4.79 Å². The van der Waals surface area contributed by atoms with Gasteiger partial charge in [0.1, 0.15) is 0 Å². The van der Waals surface area contributed by atoms with Gasteiger partial charge in [-0.3, -0.25) is 4.98 Å². The second-order valence-electron chi connectivity index (χ2n) is 5.88. The molecule has 0 saturated carbocycles. The molecule has 0 spiro atoms. The Balaban J connectivity index is 1.89. The summed E-state index contributed by atoms with van der Waals surface area (Å²) in [5, 5.41) is 13.4. The lowest BCUT2D eigenvalue weighted by Crippen LogP contribution is -2.12. The average Bonchev–Trinajstić information content (AvgIpc) is 3.13. The minimum Gasteiger partial charge on any atom is -0.462 e. The molecule has 0 saturated heterocycles. The van der Waals surface area contributed by atoms with E-state index in [1.165, 1.54) is 23.1 Å². The lowest BCUT2D eigenvalue weighted by molar-refractivity contribution is 0.0524. The van der Waals surface area contributed by atoms with Crippen LogP contribution in [0.3, 0.4) is 0 Å². The largest absolute Gasteiger partial charge is 0.462 e. The molecule has 6 nitrogen and oxygen atoms in total. The third-order valence-electron chi connectivity index (χ3n) is 3.97. The van der Waals surface area contributed by atoms with Gasteiger partial charge in [0.15, 0.2) is 4.34 Å². The Morgan fingerprint density at radius 2 is 2.07 bits per heavy atom. The van der Waals surface area contributed by atoms with Crippen LogP contribution in [0.1, 0.15) is 41.9 Å². The first-order chi connectivity index (χ1) is 13.1. The maximum Gasteiger partial charge on any atom is 0.340 e. The van der Waals surface area contributed by atoms with Gasteiger partial charge in [0.05, 0.1) is 23.4 Å². The van der Waals surface area contributed by atoms with Gasteiger partial charge in [-0.05, 0) is 31.9 Å². The highest BCUT2D eigenvalue weighted by Crippen LogP contribution is 2.31. The van der Waals surface area contributed by atoms with Crippen LogP contribution in [-0.4, -0.2) is 34.3 Å². The number of benzene rings is 1. The van der Waals surface area contributed by atoms with Crippen molar-refractivity contribution in [2.24, 2.45) is 0 Å². The summed E-state index contributed by atoms with van der Waals surface area (Å²) in [4.78, 5) is 17.3. The number of hydrogen-bond acceptors (Lipinski definition) is 8. The van der Waals surface area contributed by atoms with Crippen LogP contribution >= 0.6 is 23.1 Å². The molecule has 3 rings (SSSR count). The monoisotopic (exact) mass is 402 g/mol. The average molecular weight is 403 g/mol. The van der Waals surface area contributed by atoms with E-state index in [0.29, 0.717) is 23.6 Å². The minimum absolute atomic E-state index is 0.327.